The van der Waals surface area contributed by atoms with Gasteiger partial charge in [-0.25, -0.2) is 4.79 Å². The summed E-state index contributed by atoms with van der Waals surface area (Å²) in [6, 6.07) is 12.3. The highest BCUT2D eigenvalue weighted by molar-refractivity contribution is 5.95. The van der Waals surface area contributed by atoms with Gasteiger partial charge in [0.15, 0.2) is 6.04 Å². The predicted octanol–water partition coefficient (Wildman–Crippen LogP) is 4.22. The number of aryl methyl sites for hydroxylation is 1. The molecule has 4 N–H and O–H groups in total. The Hall–Kier alpha value is -3.06. The number of nitrogens with zero attached hydrogens (tertiary/aromatic N) is 1. The van der Waals surface area contributed by atoms with Crippen LogP contribution in [0, 0.1) is 10.8 Å². The van der Waals surface area contributed by atoms with Crippen molar-refractivity contribution in [2.45, 2.75) is 40.2 Å². The molecule has 0 aliphatic heterocycles. The summed E-state index contributed by atoms with van der Waals surface area (Å²) in [5.41, 5.74) is 8.74. The summed E-state index contributed by atoms with van der Waals surface area (Å²) in [6.07, 6.45) is 0.814. The number of nitrogen functional groups attached to an aromatic ring is 1. The number of hydrogen-bond acceptors (Lipinski definition) is 6. The molecule has 2 aromatic rings. The second-order valence-corrected chi connectivity index (χ2v) is 9.27. The molecule has 1 unspecified atom stereocenters. The number of rotatable bonds is 12. The number of nitrogens with two attached hydrogens (primary N) is 1. The summed E-state index contributed by atoms with van der Waals surface area (Å²) >= 11 is 0. The monoisotopic (exact) mass is 454 g/mol. The first-order valence-corrected chi connectivity index (χ1v) is 11.3. The van der Waals surface area contributed by atoms with E-state index in [1.54, 1.807) is 31.2 Å². The van der Waals surface area contributed by atoms with Gasteiger partial charge in [-0.2, -0.15) is 0 Å². The molecule has 0 saturated heterocycles. The molecule has 0 heterocycles. The number of anilines is 1. The number of hydrogen-bond donors (Lipinski definition) is 3. The highest BCUT2D eigenvalue weighted by Crippen LogP contribution is 2.28. The average Bonchev–Trinajstić information content (AvgIpc) is 2.75. The molecule has 1 atom stereocenters. The highest BCUT2D eigenvalue weighted by Gasteiger charge is 2.24. The third kappa shape index (κ3) is 8.09. The summed E-state index contributed by atoms with van der Waals surface area (Å²) in [4.78, 5) is 15.0. The van der Waals surface area contributed by atoms with Crippen LogP contribution < -0.4 is 15.8 Å². The molecule has 2 rings (SSSR count). The van der Waals surface area contributed by atoms with Gasteiger partial charge in [-0.3, -0.25) is 5.41 Å². The lowest BCUT2D eigenvalue weighted by atomic mass is 9.94. The van der Waals surface area contributed by atoms with Crippen molar-refractivity contribution >= 4 is 17.5 Å². The van der Waals surface area contributed by atoms with Crippen molar-refractivity contribution < 1.29 is 14.3 Å². The van der Waals surface area contributed by atoms with Gasteiger partial charge in [0.1, 0.15) is 11.6 Å². The maximum atomic E-state index is 12.9. The highest BCUT2D eigenvalue weighted by atomic mass is 16.5. The van der Waals surface area contributed by atoms with Gasteiger partial charge in [-0.15, -0.1) is 0 Å². The van der Waals surface area contributed by atoms with Gasteiger partial charge in [0, 0.05) is 23.2 Å². The van der Waals surface area contributed by atoms with Gasteiger partial charge >= 0.3 is 5.97 Å². The quantitative estimate of drug-likeness (QED) is 0.252. The zero-order valence-corrected chi connectivity index (χ0v) is 20.7. The SMILES string of the molecule is CCOC(=O)C(Nc1ccc(C(=N)N)cc1)c1cc(CC)cc(OCC(C)(C)CN(C)C)c1. The molecule has 33 heavy (non-hydrogen) atoms. The summed E-state index contributed by atoms with van der Waals surface area (Å²) in [6.45, 7) is 9.96. The van der Waals surface area contributed by atoms with Crippen LogP contribution in [-0.4, -0.2) is 50.6 Å². The average molecular weight is 455 g/mol. The van der Waals surface area contributed by atoms with Gasteiger partial charge in [0.2, 0.25) is 0 Å². The van der Waals surface area contributed by atoms with Crippen LogP contribution in [0.3, 0.4) is 0 Å². The van der Waals surface area contributed by atoms with Crippen LogP contribution >= 0.6 is 0 Å². The largest absolute Gasteiger partial charge is 0.493 e. The Labute approximate surface area is 197 Å². The van der Waals surface area contributed by atoms with E-state index in [-0.39, 0.29) is 23.8 Å². The molecule has 0 fully saturated rings. The summed E-state index contributed by atoms with van der Waals surface area (Å²) in [5.74, 6) is 0.373. The number of nitrogens with one attached hydrogen (secondary N) is 2. The Kier molecular flexibility index (Phi) is 9.29. The molecule has 7 nitrogen and oxygen atoms in total. The second kappa shape index (κ2) is 11.7. The van der Waals surface area contributed by atoms with Crippen molar-refractivity contribution in [3.8, 4) is 5.75 Å². The van der Waals surface area contributed by atoms with E-state index in [9.17, 15) is 4.79 Å². The van der Waals surface area contributed by atoms with Crippen LogP contribution in [0.15, 0.2) is 42.5 Å². The number of esters is 1. The number of carbonyl (C=O) groups is 1. The second-order valence-electron chi connectivity index (χ2n) is 9.27. The first-order valence-electron chi connectivity index (χ1n) is 11.3. The van der Waals surface area contributed by atoms with E-state index in [0.717, 1.165) is 35.5 Å². The van der Waals surface area contributed by atoms with Crippen molar-refractivity contribution in [2.75, 3.05) is 39.2 Å². The molecule has 0 bridgehead atoms. The van der Waals surface area contributed by atoms with Crippen LogP contribution in [0.5, 0.6) is 5.75 Å². The summed E-state index contributed by atoms with van der Waals surface area (Å²) < 4.78 is 11.6. The van der Waals surface area contributed by atoms with Crippen molar-refractivity contribution in [1.82, 2.24) is 4.90 Å². The fraction of sp³-hybridized carbons (Fsp3) is 0.462. The normalized spacial score (nSPS) is 12.3. The van der Waals surface area contributed by atoms with E-state index in [1.807, 2.05) is 18.2 Å². The molecule has 0 aromatic heterocycles. The predicted molar refractivity (Wildman–Crippen MR) is 134 cm³/mol. The maximum absolute atomic E-state index is 12.9. The standard InChI is InChI=1S/C26H38N4O3/c1-7-18-13-20(15-22(14-18)33-17-26(3,4)16-30(5)6)23(25(31)32-8-2)29-21-11-9-19(10-12-21)24(27)28/h9-15,23,29H,7-8,16-17H2,1-6H3,(H3,27,28). The Balaban J connectivity index is 2.34. The molecule has 180 valence electrons. The molecular formula is C26H38N4O3. The lowest BCUT2D eigenvalue weighted by Gasteiger charge is -2.28. The third-order valence-corrected chi connectivity index (χ3v) is 5.13. The van der Waals surface area contributed by atoms with E-state index >= 15 is 0 Å². The van der Waals surface area contributed by atoms with Crippen LogP contribution in [0.4, 0.5) is 5.69 Å². The van der Waals surface area contributed by atoms with Crippen LogP contribution in [0.2, 0.25) is 0 Å². The minimum absolute atomic E-state index is 0.00174. The molecule has 2 aromatic carbocycles. The molecule has 7 heteroatoms. The van der Waals surface area contributed by atoms with Crippen LogP contribution in [0.25, 0.3) is 0 Å². The van der Waals surface area contributed by atoms with Crippen molar-refractivity contribution in [1.29, 1.82) is 5.41 Å². The minimum atomic E-state index is -0.697. The molecular weight excluding hydrogens is 416 g/mol. The Morgan fingerprint density at radius 3 is 2.36 bits per heavy atom. The van der Waals surface area contributed by atoms with Gasteiger partial charge in [0.25, 0.3) is 0 Å². The van der Waals surface area contributed by atoms with E-state index < -0.39 is 6.04 Å². The van der Waals surface area contributed by atoms with E-state index in [2.05, 4.69) is 45.1 Å². The first kappa shape index (κ1) is 26.2. The van der Waals surface area contributed by atoms with Gasteiger partial charge in [0.05, 0.1) is 13.2 Å². The van der Waals surface area contributed by atoms with E-state index in [4.69, 9.17) is 20.6 Å². The lowest BCUT2D eigenvalue weighted by molar-refractivity contribution is -0.144. The fourth-order valence-corrected chi connectivity index (χ4v) is 3.74. The zero-order chi connectivity index (χ0) is 24.6. The Morgan fingerprint density at radius 1 is 1.15 bits per heavy atom. The summed E-state index contributed by atoms with van der Waals surface area (Å²) in [7, 11) is 4.10. The number of carbonyl (C=O) groups excluding carboxylic acids is 1. The Bertz CT molecular complexity index is 939. The van der Waals surface area contributed by atoms with E-state index in [0.29, 0.717) is 12.2 Å². The molecule has 0 saturated carbocycles. The van der Waals surface area contributed by atoms with Gasteiger partial charge < -0.3 is 25.4 Å². The lowest BCUT2D eigenvalue weighted by Crippen LogP contribution is -2.33. The van der Waals surface area contributed by atoms with Crippen LogP contribution in [0.1, 0.15) is 50.4 Å². The first-order chi connectivity index (χ1) is 15.5. The number of amidine groups is 1. The van der Waals surface area contributed by atoms with Gasteiger partial charge in [-0.05, 0) is 75.0 Å². The molecule has 0 spiro atoms. The van der Waals surface area contributed by atoms with Crippen molar-refractivity contribution in [3.63, 3.8) is 0 Å². The third-order valence-electron chi connectivity index (χ3n) is 5.13. The summed E-state index contributed by atoms with van der Waals surface area (Å²) in [5, 5.41) is 10.8. The van der Waals surface area contributed by atoms with Crippen molar-refractivity contribution in [3.05, 3.63) is 59.2 Å². The molecule has 0 radical (unpaired) electrons. The fourth-order valence-electron chi connectivity index (χ4n) is 3.74. The smallest absolute Gasteiger partial charge is 0.333 e. The number of ether oxygens (including phenoxy) is 2. The maximum Gasteiger partial charge on any atom is 0.333 e. The van der Waals surface area contributed by atoms with Crippen molar-refractivity contribution in [2.24, 2.45) is 11.1 Å². The van der Waals surface area contributed by atoms with Gasteiger partial charge in [-0.1, -0.05) is 26.8 Å². The molecule has 0 aliphatic rings. The zero-order valence-electron chi connectivity index (χ0n) is 20.7. The number of benzene rings is 2. The van der Waals surface area contributed by atoms with Crippen LogP contribution in [-0.2, 0) is 16.0 Å². The molecule has 0 aliphatic carbocycles. The topological polar surface area (TPSA) is 101 Å². The Morgan fingerprint density at radius 2 is 1.82 bits per heavy atom. The minimum Gasteiger partial charge on any atom is -0.493 e. The molecule has 0 amide bonds. The van der Waals surface area contributed by atoms with E-state index in [1.165, 1.54) is 0 Å².